The first-order valence-corrected chi connectivity index (χ1v) is 8.90. The minimum atomic E-state index is -2.97. The summed E-state index contributed by atoms with van der Waals surface area (Å²) in [6.07, 6.45) is 0.378. The van der Waals surface area contributed by atoms with E-state index in [2.05, 4.69) is 10.1 Å². The number of ether oxygens (including phenoxy) is 2. The van der Waals surface area contributed by atoms with E-state index in [0.717, 1.165) is 0 Å². The van der Waals surface area contributed by atoms with Gasteiger partial charge in [-0.05, 0) is 43.2 Å². The van der Waals surface area contributed by atoms with Gasteiger partial charge in [0.05, 0.1) is 12.6 Å². The number of rotatable bonds is 8. The maximum atomic E-state index is 12.5. The Balaban J connectivity index is 1.65. The predicted octanol–water partition coefficient (Wildman–Crippen LogP) is 3.12. The van der Waals surface area contributed by atoms with Crippen LogP contribution >= 0.6 is 0 Å². The van der Waals surface area contributed by atoms with Crippen LogP contribution in [0.4, 0.5) is 8.78 Å². The summed E-state index contributed by atoms with van der Waals surface area (Å²) < 4.78 is 40.9. The predicted molar refractivity (Wildman–Crippen MR) is 102 cm³/mol. The van der Waals surface area contributed by atoms with E-state index >= 15 is 0 Å². The van der Waals surface area contributed by atoms with Gasteiger partial charge in [0.15, 0.2) is 17.1 Å². The highest BCUT2D eigenvalue weighted by atomic mass is 19.3. The number of amides is 1. The maximum Gasteiger partial charge on any atom is 0.420 e. The molecule has 3 rings (SSSR count). The summed E-state index contributed by atoms with van der Waals surface area (Å²) in [7, 11) is 1.36. The first-order valence-electron chi connectivity index (χ1n) is 8.90. The van der Waals surface area contributed by atoms with Crippen LogP contribution in [0.15, 0.2) is 51.7 Å². The molecule has 1 amide bonds. The lowest BCUT2D eigenvalue weighted by Crippen LogP contribution is -2.35. The fraction of sp³-hybridized carbons (Fsp3) is 0.300. The van der Waals surface area contributed by atoms with Crippen molar-refractivity contribution in [2.75, 3.05) is 13.7 Å². The van der Waals surface area contributed by atoms with Gasteiger partial charge in [-0.25, -0.2) is 4.79 Å². The lowest BCUT2D eigenvalue weighted by Gasteiger charge is -2.14. The second-order valence-electron chi connectivity index (χ2n) is 6.29. The summed E-state index contributed by atoms with van der Waals surface area (Å²) in [5.41, 5.74) is 1.62. The van der Waals surface area contributed by atoms with E-state index < -0.39 is 18.4 Å². The number of carbonyl (C=O) groups is 1. The van der Waals surface area contributed by atoms with Gasteiger partial charge in [0.2, 0.25) is 5.91 Å². The highest BCUT2D eigenvalue weighted by molar-refractivity contribution is 5.82. The van der Waals surface area contributed by atoms with E-state index in [0.29, 0.717) is 23.1 Å². The molecule has 0 aliphatic heterocycles. The van der Waals surface area contributed by atoms with Crippen LogP contribution in [0, 0.1) is 0 Å². The van der Waals surface area contributed by atoms with Gasteiger partial charge in [-0.2, -0.15) is 8.78 Å². The average Bonchev–Trinajstić information content (AvgIpc) is 3.02. The first kappa shape index (κ1) is 20.4. The second kappa shape index (κ2) is 8.76. The van der Waals surface area contributed by atoms with E-state index in [1.807, 2.05) is 0 Å². The molecule has 0 aliphatic rings. The number of oxazole rings is 1. The van der Waals surface area contributed by atoms with E-state index in [1.165, 1.54) is 23.8 Å². The smallest absolute Gasteiger partial charge is 0.420 e. The number of aromatic nitrogens is 1. The number of hydrogen-bond acceptors (Lipinski definition) is 5. The quantitative estimate of drug-likeness (QED) is 0.622. The van der Waals surface area contributed by atoms with Crippen molar-refractivity contribution in [3.63, 3.8) is 0 Å². The largest absolute Gasteiger partial charge is 0.493 e. The van der Waals surface area contributed by atoms with Crippen LogP contribution in [-0.2, 0) is 11.2 Å². The molecule has 7 nitrogen and oxygen atoms in total. The Hall–Kier alpha value is -3.36. The molecule has 0 saturated carbocycles. The molecule has 1 atom stereocenters. The number of methoxy groups -OCH3 is 1. The molecule has 0 spiro atoms. The number of halogens is 2. The van der Waals surface area contributed by atoms with Crippen LogP contribution < -0.4 is 20.5 Å². The molecule has 0 radical (unpaired) electrons. The highest BCUT2D eigenvalue weighted by Crippen LogP contribution is 2.29. The van der Waals surface area contributed by atoms with Crippen molar-refractivity contribution in [1.29, 1.82) is 0 Å². The molecule has 1 heterocycles. The van der Waals surface area contributed by atoms with Crippen molar-refractivity contribution in [2.24, 2.45) is 0 Å². The molecule has 0 fully saturated rings. The molecular formula is C20H20F2N2O5. The molecule has 1 aromatic heterocycles. The lowest BCUT2D eigenvalue weighted by molar-refractivity contribution is -0.123. The van der Waals surface area contributed by atoms with E-state index in [1.54, 1.807) is 37.3 Å². The number of carbonyl (C=O) groups excluding carboxylic acids is 1. The zero-order valence-electron chi connectivity index (χ0n) is 15.9. The lowest BCUT2D eigenvalue weighted by atomic mass is 10.1. The third-order valence-electron chi connectivity index (χ3n) is 4.44. The molecule has 3 aromatic rings. The SMILES string of the molecule is COc1ccc(CCNC(=O)C(C)n2c(=O)oc3ccccc32)cc1OC(F)F. The van der Waals surface area contributed by atoms with Gasteiger partial charge in [0.1, 0.15) is 6.04 Å². The molecule has 0 bridgehead atoms. The van der Waals surface area contributed by atoms with Crippen molar-refractivity contribution in [3.05, 3.63) is 58.6 Å². The fourth-order valence-corrected chi connectivity index (χ4v) is 3.01. The van der Waals surface area contributed by atoms with Crippen LogP contribution in [-0.4, -0.2) is 30.7 Å². The van der Waals surface area contributed by atoms with E-state index in [9.17, 15) is 18.4 Å². The molecule has 0 aliphatic carbocycles. The number of alkyl halides is 2. The summed E-state index contributed by atoms with van der Waals surface area (Å²) in [5, 5.41) is 2.74. The van der Waals surface area contributed by atoms with Gasteiger partial charge >= 0.3 is 12.4 Å². The number of benzene rings is 2. The molecule has 9 heteroatoms. The van der Waals surface area contributed by atoms with Crippen molar-refractivity contribution in [2.45, 2.75) is 26.0 Å². The second-order valence-corrected chi connectivity index (χ2v) is 6.29. The Kier molecular flexibility index (Phi) is 6.16. The minimum Gasteiger partial charge on any atom is -0.493 e. The van der Waals surface area contributed by atoms with Gasteiger partial charge in [0.25, 0.3) is 0 Å². The van der Waals surface area contributed by atoms with Gasteiger partial charge in [-0.15, -0.1) is 0 Å². The zero-order valence-corrected chi connectivity index (χ0v) is 15.9. The van der Waals surface area contributed by atoms with E-state index in [-0.39, 0.29) is 24.0 Å². The van der Waals surface area contributed by atoms with Crippen LogP contribution in [0.3, 0.4) is 0 Å². The van der Waals surface area contributed by atoms with Crippen LogP contribution in [0.2, 0.25) is 0 Å². The number of fused-ring (bicyclic) bond motifs is 1. The van der Waals surface area contributed by atoms with Gasteiger partial charge in [-0.3, -0.25) is 9.36 Å². The van der Waals surface area contributed by atoms with Crippen LogP contribution in [0.5, 0.6) is 11.5 Å². The molecule has 29 heavy (non-hydrogen) atoms. The normalized spacial score (nSPS) is 12.2. The van der Waals surface area contributed by atoms with Gasteiger partial charge < -0.3 is 19.2 Å². The summed E-state index contributed by atoms with van der Waals surface area (Å²) in [5.74, 6) is -0.858. The number of nitrogens with zero attached hydrogens (tertiary/aromatic N) is 1. The Morgan fingerprint density at radius 2 is 1.97 bits per heavy atom. The Morgan fingerprint density at radius 3 is 2.69 bits per heavy atom. The maximum absolute atomic E-state index is 12.5. The molecule has 1 unspecified atom stereocenters. The van der Waals surface area contributed by atoms with Crippen molar-refractivity contribution >= 4 is 17.0 Å². The zero-order chi connectivity index (χ0) is 21.0. The molecule has 0 saturated heterocycles. The third kappa shape index (κ3) is 4.56. The molecule has 154 valence electrons. The van der Waals surface area contributed by atoms with Crippen molar-refractivity contribution in [3.8, 4) is 11.5 Å². The fourth-order valence-electron chi connectivity index (χ4n) is 3.01. The van der Waals surface area contributed by atoms with Crippen molar-refractivity contribution < 1.29 is 27.5 Å². The standard InChI is InChI=1S/C20H20F2N2O5/c1-12(24-14-5-3-4-6-15(14)29-20(24)26)18(25)23-10-9-13-7-8-16(27-2)17(11-13)28-19(21)22/h3-8,11-12,19H,9-10H2,1-2H3,(H,23,25). The average molecular weight is 406 g/mol. The summed E-state index contributed by atoms with van der Waals surface area (Å²) >= 11 is 0. The monoisotopic (exact) mass is 406 g/mol. The van der Waals surface area contributed by atoms with E-state index in [4.69, 9.17) is 9.15 Å². The van der Waals surface area contributed by atoms with Crippen molar-refractivity contribution in [1.82, 2.24) is 9.88 Å². The number of para-hydroxylation sites is 2. The highest BCUT2D eigenvalue weighted by Gasteiger charge is 2.21. The Bertz CT molecular complexity index is 1060. The number of nitrogens with one attached hydrogen (secondary N) is 1. The van der Waals surface area contributed by atoms with Crippen LogP contribution in [0.25, 0.3) is 11.1 Å². The molecular weight excluding hydrogens is 386 g/mol. The summed E-state index contributed by atoms with van der Waals surface area (Å²) in [6, 6.07) is 10.7. The molecule has 1 N–H and O–H groups in total. The Labute approximate surface area is 164 Å². The third-order valence-corrected chi connectivity index (χ3v) is 4.44. The molecule has 2 aromatic carbocycles. The minimum absolute atomic E-state index is 0.0730. The summed E-state index contributed by atoms with van der Waals surface area (Å²) in [6.45, 7) is -1.13. The number of hydrogen-bond donors (Lipinski definition) is 1. The van der Waals surface area contributed by atoms with Crippen LogP contribution in [0.1, 0.15) is 18.5 Å². The Morgan fingerprint density at radius 1 is 1.21 bits per heavy atom. The van der Waals surface area contributed by atoms with Gasteiger partial charge in [-0.1, -0.05) is 18.2 Å². The van der Waals surface area contributed by atoms with Gasteiger partial charge in [0, 0.05) is 6.54 Å². The summed E-state index contributed by atoms with van der Waals surface area (Å²) in [4.78, 5) is 24.6. The first-order chi connectivity index (χ1) is 13.9. The topological polar surface area (TPSA) is 82.7 Å².